The van der Waals surface area contributed by atoms with Gasteiger partial charge in [-0.1, -0.05) is 55.6 Å². The SMILES string of the molecule is CCCOc1ccc(C(=O)O/N=C(/C)c2ccc(C3CCCCC3)cc2)cc1. The third-order valence-corrected chi connectivity index (χ3v) is 5.23. The van der Waals surface area contributed by atoms with Gasteiger partial charge in [-0.05, 0) is 67.5 Å². The Kier molecular flexibility index (Phi) is 7.24. The van der Waals surface area contributed by atoms with Gasteiger partial charge in [0.1, 0.15) is 5.75 Å². The van der Waals surface area contributed by atoms with Crippen LogP contribution in [-0.4, -0.2) is 18.3 Å². The lowest BCUT2D eigenvalue weighted by Crippen LogP contribution is -2.06. The maximum atomic E-state index is 12.2. The zero-order valence-electron chi connectivity index (χ0n) is 16.8. The Labute approximate surface area is 167 Å². The Balaban J connectivity index is 1.57. The van der Waals surface area contributed by atoms with Gasteiger partial charge in [0.25, 0.3) is 0 Å². The molecule has 0 aliphatic heterocycles. The van der Waals surface area contributed by atoms with Gasteiger partial charge in [-0.25, -0.2) is 4.79 Å². The molecular formula is C24H29NO3. The Morgan fingerprint density at radius 3 is 2.25 bits per heavy atom. The molecule has 2 aromatic rings. The van der Waals surface area contributed by atoms with E-state index in [-0.39, 0.29) is 0 Å². The second kappa shape index (κ2) is 10.1. The molecule has 3 rings (SSSR count). The molecule has 0 unspecified atom stereocenters. The van der Waals surface area contributed by atoms with Crippen molar-refractivity contribution < 1.29 is 14.4 Å². The van der Waals surface area contributed by atoms with E-state index in [0.29, 0.717) is 23.8 Å². The van der Waals surface area contributed by atoms with Gasteiger partial charge in [-0.15, -0.1) is 0 Å². The van der Waals surface area contributed by atoms with Gasteiger partial charge in [0.15, 0.2) is 0 Å². The molecule has 0 heterocycles. The Morgan fingerprint density at radius 2 is 1.61 bits per heavy atom. The molecule has 1 aliphatic rings. The number of hydrogen-bond acceptors (Lipinski definition) is 4. The first-order valence-electron chi connectivity index (χ1n) is 10.3. The summed E-state index contributed by atoms with van der Waals surface area (Å²) in [7, 11) is 0. The standard InChI is InChI=1S/C24H29NO3/c1-3-17-27-23-15-13-22(14-16-23)24(26)28-25-18(2)19-9-11-21(12-10-19)20-7-5-4-6-8-20/h9-16,20H,3-8,17H2,1-2H3/b25-18-. The van der Waals surface area contributed by atoms with Crippen LogP contribution in [0.25, 0.3) is 0 Å². The van der Waals surface area contributed by atoms with Crippen molar-refractivity contribution in [2.24, 2.45) is 5.16 Å². The first-order chi connectivity index (χ1) is 13.7. The number of benzene rings is 2. The smallest absolute Gasteiger partial charge is 0.365 e. The van der Waals surface area contributed by atoms with Gasteiger partial charge < -0.3 is 9.57 Å². The van der Waals surface area contributed by atoms with Gasteiger partial charge in [0, 0.05) is 0 Å². The van der Waals surface area contributed by atoms with Crippen molar-refractivity contribution in [2.45, 2.75) is 58.3 Å². The van der Waals surface area contributed by atoms with E-state index in [0.717, 1.165) is 17.7 Å². The highest BCUT2D eigenvalue weighted by Crippen LogP contribution is 2.32. The summed E-state index contributed by atoms with van der Waals surface area (Å²) in [5.74, 6) is 0.957. The summed E-state index contributed by atoms with van der Waals surface area (Å²) in [4.78, 5) is 17.3. The van der Waals surface area contributed by atoms with Crippen molar-refractivity contribution in [1.29, 1.82) is 0 Å². The van der Waals surface area contributed by atoms with Crippen molar-refractivity contribution >= 4 is 11.7 Å². The average molecular weight is 380 g/mol. The Morgan fingerprint density at radius 1 is 0.964 bits per heavy atom. The molecule has 4 nitrogen and oxygen atoms in total. The average Bonchev–Trinajstić information content (AvgIpc) is 2.77. The Hall–Kier alpha value is -2.62. The van der Waals surface area contributed by atoms with Crippen LogP contribution in [0.4, 0.5) is 0 Å². The fourth-order valence-corrected chi connectivity index (χ4v) is 3.55. The maximum Gasteiger partial charge on any atom is 0.365 e. The number of nitrogens with zero attached hydrogens (tertiary/aromatic N) is 1. The highest BCUT2D eigenvalue weighted by atomic mass is 16.7. The molecule has 1 fully saturated rings. The van der Waals surface area contributed by atoms with E-state index in [1.54, 1.807) is 24.3 Å². The summed E-state index contributed by atoms with van der Waals surface area (Å²) < 4.78 is 5.52. The van der Waals surface area contributed by atoms with Crippen molar-refractivity contribution in [3.05, 3.63) is 65.2 Å². The summed E-state index contributed by atoms with van der Waals surface area (Å²) in [6, 6.07) is 15.4. The molecule has 148 valence electrons. The topological polar surface area (TPSA) is 47.9 Å². The van der Waals surface area contributed by atoms with Crippen molar-refractivity contribution in [3.63, 3.8) is 0 Å². The van der Waals surface area contributed by atoms with Crippen LogP contribution in [0.3, 0.4) is 0 Å². The van der Waals surface area contributed by atoms with Gasteiger partial charge in [-0.2, -0.15) is 0 Å². The Bertz CT molecular complexity index is 788. The molecule has 28 heavy (non-hydrogen) atoms. The lowest BCUT2D eigenvalue weighted by Gasteiger charge is -2.22. The largest absolute Gasteiger partial charge is 0.494 e. The van der Waals surface area contributed by atoms with Gasteiger partial charge in [-0.3, -0.25) is 0 Å². The number of carbonyl (C=O) groups excluding carboxylic acids is 1. The lowest BCUT2D eigenvalue weighted by molar-refractivity contribution is 0.0516. The van der Waals surface area contributed by atoms with Gasteiger partial charge in [0.05, 0.1) is 17.9 Å². The minimum Gasteiger partial charge on any atom is -0.494 e. The zero-order chi connectivity index (χ0) is 19.8. The van der Waals surface area contributed by atoms with E-state index in [9.17, 15) is 4.79 Å². The summed E-state index contributed by atoms with van der Waals surface area (Å²) in [6.07, 6.45) is 7.53. The molecule has 0 radical (unpaired) electrons. The molecule has 1 aliphatic carbocycles. The van der Waals surface area contributed by atoms with Crippen LogP contribution in [0.5, 0.6) is 5.75 Å². The fraction of sp³-hybridized carbons (Fsp3) is 0.417. The van der Waals surface area contributed by atoms with E-state index in [1.807, 2.05) is 6.92 Å². The van der Waals surface area contributed by atoms with E-state index in [4.69, 9.17) is 9.57 Å². The van der Waals surface area contributed by atoms with E-state index in [2.05, 4.69) is 36.3 Å². The summed E-state index contributed by atoms with van der Waals surface area (Å²) in [6.45, 7) is 4.56. The van der Waals surface area contributed by atoms with Crippen molar-refractivity contribution in [2.75, 3.05) is 6.61 Å². The van der Waals surface area contributed by atoms with Crippen LogP contribution in [0.2, 0.25) is 0 Å². The highest BCUT2D eigenvalue weighted by molar-refractivity contribution is 5.99. The predicted molar refractivity (Wildman–Crippen MR) is 112 cm³/mol. The second-order valence-corrected chi connectivity index (χ2v) is 7.39. The first-order valence-corrected chi connectivity index (χ1v) is 10.3. The van der Waals surface area contributed by atoms with Crippen LogP contribution < -0.4 is 4.74 Å². The fourth-order valence-electron chi connectivity index (χ4n) is 3.55. The molecule has 1 saturated carbocycles. The monoisotopic (exact) mass is 379 g/mol. The molecule has 0 saturated heterocycles. The molecule has 4 heteroatoms. The summed E-state index contributed by atoms with van der Waals surface area (Å²) in [5.41, 5.74) is 3.51. The molecule has 0 N–H and O–H groups in total. The summed E-state index contributed by atoms with van der Waals surface area (Å²) in [5, 5.41) is 4.02. The molecular weight excluding hydrogens is 350 g/mol. The number of ether oxygens (including phenoxy) is 1. The second-order valence-electron chi connectivity index (χ2n) is 7.39. The van der Waals surface area contributed by atoms with Crippen LogP contribution in [0.15, 0.2) is 53.7 Å². The molecule has 0 aromatic heterocycles. The van der Waals surface area contributed by atoms with E-state index >= 15 is 0 Å². The van der Waals surface area contributed by atoms with Gasteiger partial charge >= 0.3 is 5.97 Å². The van der Waals surface area contributed by atoms with Crippen LogP contribution >= 0.6 is 0 Å². The van der Waals surface area contributed by atoms with Gasteiger partial charge in [0.2, 0.25) is 0 Å². The number of hydrogen-bond donors (Lipinski definition) is 0. The van der Waals surface area contributed by atoms with Crippen LogP contribution in [0.1, 0.15) is 79.8 Å². The van der Waals surface area contributed by atoms with Crippen LogP contribution in [-0.2, 0) is 4.84 Å². The molecule has 0 atom stereocenters. The molecule has 2 aromatic carbocycles. The quantitative estimate of drug-likeness (QED) is 0.331. The lowest BCUT2D eigenvalue weighted by atomic mass is 9.84. The minimum atomic E-state index is -0.472. The first kappa shape index (κ1) is 20.1. The molecule has 0 bridgehead atoms. The van der Waals surface area contributed by atoms with Crippen LogP contribution in [0, 0.1) is 0 Å². The molecule has 0 spiro atoms. The third kappa shape index (κ3) is 5.44. The van der Waals surface area contributed by atoms with E-state index in [1.165, 1.54) is 37.7 Å². The normalized spacial score (nSPS) is 15.3. The number of carbonyl (C=O) groups is 1. The maximum absolute atomic E-state index is 12.2. The predicted octanol–water partition coefficient (Wildman–Crippen LogP) is 6.10. The summed E-state index contributed by atoms with van der Waals surface area (Å²) >= 11 is 0. The zero-order valence-corrected chi connectivity index (χ0v) is 16.8. The highest BCUT2D eigenvalue weighted by Gasteiger charge is 2.15. The van der Waals surface area contributed by atoms with Crippen molar-refractivity contribution in [1.82, 2.24) is 0 Å². The third-order valence-electron chi connectivity index (χ3n) is 5.23. The number of oxime groups is 1. The van der Waals surface area contributed by atoms with E-state index < -0.39 is 5.97 Å². The number of rotatable bonds is 7. The molecule has 0 amide bonds. The van der Waals surface area contributed by atoms with Crippen molar-refractivity contribution in [3.8, 4) is 5.75 Å². The minimum absolute atomic E-state index is 0.452.